The Balaban J connectivity index is 2.09. The molecule has 1 aromatic heterocycles. The Kier molecular flexibility index (Phi) is 4.24. The number of carbonyl (C=O) groups excluding carboxylic acids is 1. The number of aromatic amines is 1. The molecule has 1 aromatic rings. The molecule has 8 heteroatoms. The zero-order chi connectivity index (χ0) is 14.9. The number of aromatic nitrogens is 3. The van der Waals surface area contributed by atoms with Crippen LogP contribution in [0.15, 0.2) is 9.95 Å². The van der Waals surface area contributed by atoms with Crippen LogP contribution in [0, 0.1) is 0 Å². The Bertz CT molecular complexity index is 552. The predicted molar refractivity (Wildman–Crippen MR) is 77.5 cm³/mol. The molecule has 1 aliphatic carbocycles. The van der Waals surface area contributed by atoms with Gasteiger partial charge in [-0.15, -0.1) is 5.10 Å². The fraction of sp³-hybridized carbons (Fsp3) is 0.750. The van der Waals surface area contributed by atoms with E-state index in [0.717, 1.165) is 12.8 Å². The van der Waals surface area contributed by atoms with E-state index in [9.17, 15) is 9.59 Å². The highest BCUT2D eigenvalue weighted by Crippen LogP contribution is 2.39. The lowest BCUT2D eigenvalue weighted by atomic mass is 9.96. The van der Waals surface area contributed by atoms with Crippen molar-refractivity contribution >= 4 is 17.7 Å². The topological polar surface area (TPSA) is 106 Å². The van der Waals surface area contributed by atoms with E-state index in [1.807, 2.05) is 13.8 Å². The third-order valence-electron chi connectivity index (χ3n) is 3.62. The van der Waals surface area contributed by atoms with Gasteiger partial charge < -0.3 is 11.1 Å². The second kappa shape index (κ2) is 5.61. The maximum atomic E-state index is 11.8. The summed E-state index contributed by atoms with van der Waals surface area (Å²) < 4.78 is 1.48. The van der Waals surface area contributed by atoms with Crippen molar-refractivity contribution in [2.75, 3.05) is 0 Å². The summed E-state index contributed by atoms with van der Waals surface area (Å²) in [7, 11) is 1.68. The maximum absolute atomic E-state index is 11.8. The van der Waals surface area contributed by atoms with Crippen LogP contribution in [-0.4, -0.2) is 37.5 Å². The first-order valence-corrected chi connectivity index (χ1v) is 7.58. The van der Waals surface area contributed by atoms with Crippen molar-refractivity contribution in [1.29, 1.82) is 0 Å². The summed E-state index contributed by atoms with van der Waals surface area (Å²) >= 11 is 1.52. The molecular weight excluding hydrogens is 278 g/mol. The number of primary amides is 1. The van der Waals surface area contributed by atoms with Crippen molar-refractivity contribution in [3.63, 3.8) is 0 Å². The van der Waals surface area contributed by atoms with Gasteiger partial charge in [-0.05, 0) is 33.1 Å². The van der Waals surface area contributed by atoms with Gasteiger partial charge in [-0.1, -0.05) is 11.8 Å². The van der Waals surface area contributed by atoms with Crippen LogP contribution in [0.25, 0.3) is 0 Å². The first kappa shape index (κ1) is 15.1. The van der Waals surface area contributed by atoms with Gasteiger partial charge in [0.15, 0.2) is 5.16 Å². The Morgan fingerprint density at radius 3 is 2.85 bits per heavy atom. The molecule has 0 spiro atoms. The minimum absolute atomic E-state index is 0.195. The van der Waals surface area contributed by atoms with Crippen LogP contribution in [0.4, 0.5) is 0 Å². The van der Waals surface area contributed by atoms with Crippen molar-refractivity contribution < 1.29 is 4.79 Å². The number of rotatable bonds is 5. The number of carbonyl (C=O) groups is 1. The van der Waals surface area contributed by atoms with E-state index in [1.165, 1.54) is 16.3 Å². The van der Waals surface area contributed by atoms with E-state index in [4.69, 9.17) is 5.73 Å². The second-order valence-electron chi connectivity index (χ2n) is 5.60. The number of thioether (sulfide) groups is 1. The van der Waals surface area contributed by atoms with Gasteiger partial charge in [0, 0.05) is 18.3 Å². The third kappa shape index (κ3) is 2.90. The highest BCUT2D eigenvalue weighted by Gasteiger charge is 2.44. The molecule has 2 atom stereocenters. The Morgan fingerprint density at radius 2 is 2.35 bits per heavy atom. The number of hydrogen-bond acceptors (Lipinski definition) is 5. The quantitative estimate of drug-likeness (QED) is 0.708. The van der Waals surface area contributed by atoms with E-state index < -0.39 is 5.54 Å². The van der Waals surface area contributed by atoms with Gasteiger partial charge >= 0.3 is 5.69 Å². The van der Waals surface area contributed by atoms with Crippen LogP contribution in [0.1, 0.15) is 33.1 Å². The molecule has 1 amide bonds. The van der Waals surface area contributed by atoms with E-state index in [1.54, 1.807) is 7.05 Å². The summed E-state index contributed by atoms with van der Waals surface area (Å²) in [5.41, 5.74) is 4.72. The summed E-state index contributed by atoms with van der Waals surface area (Å²) in [6.45, 7) is 4.01. The molecule has 0 aliphatic heterocycles. The molecule has 7 nitrogen and oxygen atoms in total. The lowest BCUT2D eigenvalue weighted by Crippen LogP contribution is -2.56. The van der Waals surface area contributed by atoms with Crippen LogP contribution in [0.3, 0.4) is 0 Å². The van der Waals surface area contributed by atoms with E-state index >= 15 is 0 Å². The van der Waals surface area contributed by atoms with Gasteiger partial charge in [0.1, 0.15) is 0 Å². The largest absolute Gasteiger partial charge is 0.368 e. The first-order chi connectivity index (χ1) is 9.34. The van der Waals surface area contributed by atoms with Gasteiger partial charge in [-0.25, -0.2) is 9.89 Å². The monoisotopic (exact) mass is 299 g/mol. The highest BCUT2D eigenvalue weighted by atomic mass is 32.2. The summed E-state index contributed by atoms with van der Waals surface area (Å²) in [5.74, 6) is -0.301. The summed E-state index contributed by atoms with van der Waals surface area (Å²) in [6, 6.07) is 0.195. The van der Waals surface area contributed by atoms with Crippen LogP contribution in [-0.2, 0) is 11.8 Å². The third-order valence-corrected chi connectivity index (χ3v) is 4.93. The lowest BCUT2D eigenvalue weighted by Gasteiger charge is -2.29. The van der Waals surface area contributed by atoms with Gasteiger partial charge in [0.25, 0.3) is 0 Å². The van der Waals surface area contributed by atoms with Gasteiger partial charge in [-0.2, -0.15) is 0 Å². The molecule has 1 fully saturated rings. The molecule has 4 N–H and O–H groups in total. The Labute approximate surface area is 121 Å². The minimum Gasteiger partial charge on any atom is -0.368 e. The van der Waals surface area contributed by atoms with Crippen LogP contribution in [0.5, 0.6) is 0 Å². The van der Waals surface area contributed by atoms with Gasteiger partial charge in [-0.3, -0.25) is 9.36 Å². The molecule has 0 bridgehead atoms. The van der Waals surface area contributed by atoms with Crippen molar-refractivity contribution in [2.24, 2.45) is 12.8 Å². The average molecular weight is 299 g/mol. The number of nitrogens with two attached hydrogens (primary N) is 1. The molecule has 1 heterocycles. The summed E-state index contributed by atoms with van der Waals surface area (Å²) in [6.07, 6.45) is 2.25. The summed E-state index contributed by atoms with van der Waals surface area (Å²) in [4.78, 5) is 23.1. The van der Waals surface area contributed by atoms with Gasteiger partial charge in [0.2, 0.25) is 5.91 Å². The molecule has 0 saturated heterocycles. The van der Waals surface area contributed by atoms with Crippen LogP contribution < -0.4 is 16.7 Å². The van der Waals surface area contributed by atoms with Crippen molar-refractivity contribution in [3.05, 3.63) is 10.5 Å². The van der Waals surface area contributed by atoms with E-state index in [0.29, 0.717) is 11.6 Å². The van der Waals surface area contributed by atoms with Crippen LogP contribution >= 0.6 is 11.8 Å². The minimum atomic E-state index is -0.638. The lowest BCUT2D eigenvalue weighted by molar-refractivity contribution is -0.124. The number of amides is 1. The summed E-state index contributed by atoms with van der Waals surface area (Å²) in [5, 5.41) is 10.6. The zero-order valence-corrected chi connectivity index (χ0v) is 12.8. The number of hydrogen-bond donors (Lipinski definition) is 3. The molecular formula is C12H21N5O2S. The molecule has 0 radical (unpaired) electrons. The first-order valence-electron chi connectivity index (χ1n) is 6.70. The second-order valence-corrected chi connectivity index (χ2v) is 6.87. The molecule has 2 unspecified atom stereocenters. The average Bonchev–Trinajstić information content (AvgIpc) is 2.89. The molecule has 20 heavy (non-hydrogen) atoms. The van der Waals surface area contributed by atoms with E-state index in [2.05, 4.69) is 15.5 Å². The predicted octanol–water partition coefficient (Wildman–Crippen LogP) is -0.0249. The molecule has 1 aliphatic rings. The molecule has 1 saturated carbocycles. The standard InChI is InChI=1S/C12H21N5O2S/c1-7(2)14-12(9(13)18)5-4-8(6-12)20-11-16-15-10(19)17(11)3/h7-8,14H,4-6H2,1-3H3,(H2,13,18)(H,15,19). The van der Waals surface area contributed by atoms with Gasteiger partial charge in [0.05, 0.1) is 5.54 Å². The van der Waals surface area contributed by atoms with Crippen molar-refractivity contribution in [3.8, 4) is 0 Å². The van der Waals surface area contributed by atoms with Crippen molar-refractivity contribution in [2.45, 2.75) is 55.1 Å². The van der Waals surface area contributed by atoms with Crippen molar-refractivity contribution in [1.82, 2.24) is 20.1 Å². The SMILES string of the molecule is CC(C)NC1(C(N)=O)CCC(Sc2n[nH]c(=O)n2C)C1. The normalized spacial score (nSPS) is 26.3. The zero-order valence-electron chi connectivity index (χ0n) is 12.0. The number of H-pyrrole nitrogens is 1. The molecule has 2 rings (SSSR count). The molecule has 112 valence electrons. The highest BCUT2D eigenvalue weighted by molar-refractivity contribution is 7.99. The maximum Gasteiger partial charge on any atom is 0.343 e. The Morgan fingerprint density at radius 1 is 1.65 bits per heavy atom. The van der Waals surface area contributed by atoms with Crippen LogP contribution in [0.2, 0.25) is 0 Å². The smallest absolute Gasteiger partial charge is 0.343 e. The molecule has 0 aromatic carbocycles. The fourth-order valence-corrected chi connectivity index (χ4v) is 3.91. The Hall–Kier alpha value is -1.28. The fourth-order valence-electron chi connectivity index (χ4n) is 2.67. The number of nitrogens with zero attached hydrogens (tertiary/aromatic N) is 2. The van der Waals surface area contributed by atoms with E-state index in [-0.39, 0.29) is 22.9 Å². The number of nitrogens with one attached hydrogen (secondary N) is 2.